The van der Waals surface area contributed by atoms with Gasteiger partial charge in [0.25, 0.3) is 0 Å². The van der Waals surface area contributed by atoms with Gasteiger partial charge in [-0.3, -0.25) is 0 Å². The lowest BCUT2D eigenvalue weighted by atomic mass is 9.82. The molecule has 0 spiro atoms. The minimum absolute atomic E-state index is 0.0943. The Kier molecular flexibility index (Phi) is 5.25. The zero-order chi connectivity index (χ0) is 18.9. The van der Waals surface area contributed by atoms with Gasteiger partial charge in [-0.1, -0.05) is 35.9 Å². The van der Waals surface area contributed by atoms with Crippen molar-refractivity contribution in [1.29, 1.82) is 0 Å². The van der Waals surface area contributed by atoms with Crippen LogP contribution in [-0.2, 0) is 12.8 Å². The van der Waals surface area contributed by atoms with E-state index in [0.717, 1.165) is 44.5 Å². The molecule has 3 N–H and O–H groups in total. The second kappa shape index (κ2) is 7.65. The van der Waals surface area contributed by atoms with E-state index >= 15 is 0 Å². The van der Waals surface area contributed by atoms with Gasteiger partial charge in [0.1, 0.15) is 5.75 Å². The van der Waals surface area contributed by atoms with Gasteiger partial charge in [-0.2, -0.15) is 0 Å². The Bertz CT molecular complexity index is 785. The molecule has 0 aromatic heterocycles. The van der Waals surface area contributed by atoms with Gasteiger partial charge < -0.3 is 15.6 Å². The smallest absolute Gasteiger partial charge is 0.119 e. The standard InChI is InChI=1S/C24H31NO2/c1-17-2-8-23(9-3-17)27-15-18-4-5-20-13-21(7-6-19(20)12-18)22-10-11-24(25,14-22)16-26/h2-3,6-9,13,18,22,26H,4-5,10-12,14-16,25H2,1H3/t18-,22+,24-/m1/s1. The van der Waals surface area contributed by atoms with Crippen molar-refractivity contribution in [3.63, 3.8) is 0 Å². The fourth-order valence-electron chi connectivity index (χ4n) is 4.68. The predicted octanol–water partition coefficient (Wildman–Crippen LogP) is 4.14. The van der Waals surface area contributed by atoms with Gasteiger partial charge >= 0.3 is 0 Å². The van der Waals surface area contributed by atoms with Crippen molar-refractivity contribution in [2.24, 2.45) is 11.7 Å². The molecular weight excluding hydrogens is 334 g/mol. The molecule has 27 heavy (non-hydrogen) atoms. The number of hydrogen-bond donors (Lipinski definition) is 2. The second-order valence-corrected chi connectivity index (χ2v) is 8.72. The van der Waals surface area contributed by atoms with Crippen LogP contribution in [0.5, 0.6) is 5.75 Å². The molecule has 0 aliphatic heterocycles. The Balaban J connectivity index is 1.37. The van der Waals surface area contributed by atoms with Gasteiger partial charge in [-0.15, -0.1) is 0 Å². The lowest BCUT2D eigenvalue weighted by Gasteiger charge is -2.26. The fraction of sp³-hybridized carbons (Fsp3) is 0.500. The average molecular weight is 366 g/mol. The molecule has 2 aliphatic carbocycles. The Morgan fingerprint density at radius 3 is 2.67 bits per heavy atom. The third kappa shape index (κ3) is 4.20. The first-order valence-corrected chi connectivity index (χ1v) is 10.3. The number of aliphatic hydroxyl groups excluding tert-OH is 1. The van der Waals surface area contributed by atoms with Gasteiger partial charge in [0, 0.05) is 5.54 Å². The molecule has 3 atom stereocenters. The quantitative estimate of drug-likeness (QED) is 0.837. The van der Waals surface area contributed by atoms with Crippen LogP contribution in [-0.4, -0.2) is 23.9 Å². The van der Waals surface area contributed by atoms with Gasteiger partial charge in [0.2, 0.25) is 0 Å². The largest absolute Gasteiger partial charge is 0.493 e. The summed E-state index contributed by atoms with van der Waals surface area (Å²) in [5.41, 5.74) is 11.5. The number of aryl methyl sites for hydroxylation is 2. The highest BCUT2D eigenvalue weighted by atomic mass is 16.5. The monoisotopic (exact) mass is 365 g/mol. The van der Waals surface area contributed by atoms with E-state index < -0.39 is 0 Å². The summed E-state index contributed by atoms with van der Waals surface area (Å²) in [4.78, 5) is 0. The topological polar surface area (TPSA) is 55.5 Å². The lowest BCUT2D eigenvalue weighted by molar-refractivity contribution is 0.198. The number of rotatable bonds is 5. The number of aliphatic hydroxyl groups is 1. The molecule has 1 fully saturated rings. The van der Waals surface area contributed by atoms with Gasteiger partial charge in [0.05, 0.1) is 13.2 Å². The fourth-order valence-corrected chi connectivity index (χ4v) is 4.68. The molecule has 3 heteroatoms. The van der Waals surface area contributed by atoms with Crippen LogP contribution in [0.1, 0.15) is 53.9 Å². The highest BCUT2D eigenvalue weighted by Gasteiger charge is 2.36. The van der Waals surface area contributed by atoms with Crippen LogP contribution in [0, 0.1) is 12.8 Å². The number of hydrogen-bond acceptors (Lipinski definition) is 3. The molecule has 2 aromatic carbocycles. The van der Waals surface area contributed by atoms with Crippen LogP contribution < -0.4 is 10.5 Å². The normalized spacial score (nSPS) is 27.4. The summed E-state index contributed by atoms with van der Waals surface area (Å²) in [7, 11) is 0. The average Bonchev–Trinajstić information content (AvgIpc) is 3.10. The first-order chi connectivity index (χ1) is 13.0. The van der Waals surface area contributed by atoms with Crippen molar-refractivity contribution < 1.29 is 9.84 Å². The van der Waals surface area contributed by atoms with E-state index in [1.165, 1.54) is 28.7 Å². The van der Waals surface area contributed by atoms with E-state index in [-0.39, 0.29) is 12.1 Å². The Morgan fingerprint density at radius 1 is 1.11 bits per heavy atom. The number of ether oxygens (including phenoxy) is 1. The summed E-state index contributed by atoms with van der Waals surface area (Å²) in [5, 5.41) is 9.52. The second-order valence-electron chi connectivity index (χ2n) is 8.72. The maximum atomic E-state index is 9.52. The summed E-state index contributed by atoms with van der Waals surface area (Å²) in [6, 6.07) is 15.3. The Hall–Kier alpha value is -1.84. The number of fused-ring (bicyclic) bond motifs is 1. The minimum Gasteiger partial charge on any atom is -0.493 e. The van der Waals surface area contributed by atoms with Crippen LogP contribution >= 0.6 is 0 Å². The summed E-state index contributed by atoms with van der Waals surface area (Å²) < 4.78 is 6.02. The molecule has 3 nitrogen and oxygen atoms in total. The molecule has 0 bridgehead atoms. The van der Waals surface area contributed by atoms with E-state index in [2.05, 4.69) is 49.4 Å². The molecule has 0 unspecified atom stereocenters. The van der Waals surface area contributed by atoms with E-state index in [1.54, 1.807) is 0 Å². The molecule has 2 aromatic rings. The maximum Gasteiger partial charge on any atom is 0.119 e. The molecule has 0 amide bonds. The van der Waals surface area contributed by atoms with Crippen LogP contribution in [0.15, 0.2) is 42.5 Å². The molecule has 0 saturated heterocycles. The highest BCUT2D eigenvalue weighted by molar-refractivity contribution is 5.36. The minimum atomic E-state index is -0.376. The zero-order valence-corrected chi connectivity index (χ0v) is 16.3. The summed E-state index contributed by atoms with van der Waals surface area (Å²) in [6.07, 6.45) is 6.32. The molecule has 144 valence electrons. The number of benzene rings is 2. The predicted molar refractivity (Wildman–Crippen MR) is 109 cm³/mol. The summed E-state index contributed by atoms with van der Waals surface area (Å²) in [5.74, 6) is 2.05. The number of nitrogens with two attached hydrogens (primary N) is 1. The van der Waals surface area contributed by atoms with Crippen molar-refractivity contribution in [3.05, 3.63) is 64.7 Å². The van der Waals surface area contributed by atoms with E-state index in [0.29, 0.717) is 11.8 Å². The molecule has 2 aliphatic rings. The van der Waals surface area contributed by atoms with E-state index in [4.69, 9.17) is 10.5 Å². The van der Waals surface area contributed by atoms with Crippen molar-refractivity contribution in [2.75, 3.05) is 13.2 Å². The first kappa shape index (κ1) is 18.5. The molecular formula is C24H31NO2. The summed E-state index contributed by atoms with van der Waals surface area (Å²) >= 11 is 0. The Labute approximate surface area is 162 Å². The Morgan fingerprint density at radius 2 is 1.93 bits per heavy atom. The van der Waals surface area contributed by atoms with Gasteiger partial charge in [0.15, 0.2) is 0 Å². The van der Waals surface area contributed by atoms with Crippen molar-refractivity contribution >= 4 is 0 Å². The SMILES string of the molecule is Cc1ccc(OC[C@@H]2CCc3cc([C@H]4CC[C@](N)(CO)C4)ccc3C2)cc1. The van der Waals surface area contributed by atoms with Crippen molar-refractivity contribution in [3.8, 4) is 5.75 Å². The third-order valence-electron chi connectivity index (χ3n) is 6.50. The highest BCUT2D eigenvalue weighted by Crippen LogP contribution is 2.40. The van der Waals surface area contributed by atoms with Crippen LogP contribution in [0.3, 0.4) is 0 Å². The van der Waals surface area contributed by atoms with Crippen LogP contribution in [0.2, 0.25) is 0 Å². The zero-order valence-electron chi connectivity index (χ0n) is 16.3. The summed E-state index contributed by atoms with van der Waals surface area (Å²) in [6.45, 7) is 2.98. The molecule has 0 heterocycles. The molecule has 4 rings (SSSR count). The van der Waals surface area contributed by atoms with Crippen molar-refractivity contribution in [1.82, 2.24) is 0 Å². The van der Waals surface area contributed by atoms with Gasteiger partial charge in [-0.25, -0.2) is 0 Å². The van der Waals surface area contributed by atoms with E-state index in [9.17, 15) is 5.11 Å². The molecule has 1 saturated carbocycles. The maximum absolute atomic E-state index is 9.52. The van der Waals surface area contributed by atoms with E-state index in [1.807, 2.05) is 0 Å². The molecule has 0 radical (unpaired) electrons. The van der Waals surface area contributed by atoms with Crippen molar-refractivity contribution in [2.45, 2.75) is 56.9 Å². The van der Waals surface area contributed by atoms with Crippen LogP contribution in [0.25, 0.3) is 0 Å². The van der Waals surface area contributed by atoms with Crippen LogP contribution in [0.4, 0.5) is 0 Å². The lowest BCUT2D eigenvalue weighted by Crippen LogP contribution is -2.40. The van der Waals surface area contributed by atoms with Gasteiger partial charge in [-0.05, 0) is 86.1 Å². The third-order valence-corrected chi connectivity index (χ3v) is 6.50. The first-order valence-electron chi connectivity index (χ1n) is 10.3.